The molecule has 13 nitrogen and oxygen atoms in total. The van der Waals surface area contributed by atoms with Crippen LogP contribution in [0.3, 0.4) is 0 Å². The molecule has 13 heteroatoms. The Morgan fingerprint density at radius 1 is 0.881 bits per heavy atom. The maximum Gasteiger partial charge on any atom is 0.411 e. The van der Waals surface area contributed by atoms with Crippen molar-refractivity contribution in [3.63, 3.8) is 0 Å². The minimum atomic E-state index is -0.865. The van der Waals surface area contributed by atoms with Crippen molar-refractivity contribution in [1.82, 2.24) is 20.1 Å². The van der Waals surface area contributed by atoms with Crippen LogP contribution in [0, 0.1) is 11.8 Å². The number of aliphatic hydroxyl groups is 1. The fourth-order valence-corrected chi connectivity index (χ4v) is 8.36. The molecule has 1 saturated carbocycles. The number of likely N-dealkylation sites (tertiary alicyclic amines) is 1. The van der Waals surface area contributed by atoms with Crippen LogP contribution in [0.1, 0.15) is 49.3 Å². The number of phenols is 1. The van der Waals surface area contributed by atoms with Crippen LogP contribution in [0.2, 0.25) is 0 Å². The van der Waals surface area contributed by atoms with E-state index in [1.807, 2.05) is 78.9 Å². The predicted octanol–water partition coefficient (Wildman–Crippen LogP) is 6.25. The fourth-order valence-electron chi connectivity index (χ4n) is 8.36. The molecular formula is C46H52N6O7. The number of hydrogen-bond donors (Lipinski definition) is 6. The molecule has 308 valence electrons. The highest BCUT2D eigenvalue weighted by Crippen LogP contribution is 2.40. The maximum absolute atomic E-state index is 12.9. The summed E-state index contributed by atoms with van der Waals surface area (Å²) in [4.78, 5) is 56.8. The topological polar surface area (TPSA) is 176 Å². The Morgan fingerprint density at radius 2 is 1.61 bits per heavy atom. The number of amides is 3. The highest BCUT2D eigenvalue weighted by atomic mass is 16.6. The number of benzene rings is 4. The van der Waals surface area contributed by atoms with E-state index in [0.717, 1.165) is 48.3 Å². The lowest BCUT2D eigenvalue weighted by Gasteiger charge is -2.21. The fraction of sp³-hybridized carbons (Fsp3) is 0.348. The molecule has 2 fully saturated rings. The number of H-pyrrole nitrogens is 1. The van der Waals surface area contributed by atoms with E-state index >= 15 is 0 Å². The summed E-state index contributed by atoms with van der Waals surface area (Å²) in [6.07, 6.45) is 1.48. The highest BCUT2D eigenvalue weighted by molar-refractivity contribution is 5.92. The monoisotopic (exact) mass is 800 g/mol. The van der Waals surface area contributed by atoms with Crippen molar-refractivity contribution in [2.24, 2.45) is 11.8 Å². The standard InChI is InChI=1S/C46H52N6O7/c1-51(22-7-12-42(55)48-34-15-13-30(14-16-34)26-47-27-41(54)37-17-19-40(53)45-38(37)18-20-43(56)50-45)44(57)21-23-52-28-32-24-35(25-33(32)29-52)59-46(58)49-39-11-6-5-10-36(39)31-8-3-2-4-9-31/h2-6,8-11,13-20,32-33,35,41,47,53-54H,7,12,21-29H2,1H3,(H,48,55)(H,49,58)(H,50,56). The number of carbonyl (C=O) groups is 3. The molecule has 5 aromatic rings. The number of aromatic amines is 1. The number of carbonyl (C=O) groups excluding carboxylic acids is 3. The molecule has 3 unspecified atom stereocenters. The number of pyridine rings is 1. The number of ether oxygens (including phenoxy) is 1. The van der Waals surface area contributed by atoms with Gasteiger partial charge in [0.1, 0.15) is 11.9 Å². The number of aromatic hydroxyl groups is 1. The predicted molar refractivity (Wildman–Crippen MR) is 228 cm³/mol. The van der Waals surface area contributed by atoms with Gasteiger partial charge in [-0.2, -0.15) is 0 Å². The summed E-state index contributed by atoms with van der Waals surface area (Å²) in [5, 5.41) is 30.6. The second-order valence-electron chi connectivity index (χ2n) is 15.7. The average molecular weight is 801 g/mol. The summed E-state index contributed by atoms with van der Waals surface area (Å²) in [7, 11) is 1.78. The summed E-state index contributed by atoms with van der Waals surface area (Å²) in [5.41, 5.74) is 4.88. The number of hydrogen-bond acceptors (Lipinski definition) is 9. The third-order valence-corrected chi connectivity index (χ3v) is 11.4. The van der Waals surface area contributed by atoms with Crippen molar-refractivity contribution >= 4 is 40.2 Å². The minimum absolute atomic E-state index is 0.0561. The largest absolute Gasteiger partial charge is 0.506 e. The molecular weight excluding hydrogens is 749 g/mol. The van der Waals surface area contributed by atoms with E-state index in [9.17, 15) is 29.4 Å². The number of aliphatic hydroxyl groups excluding tert-OH is 1. The molecule has 7 rings (SSSR count). The number of anilines is 2. The number of nitrogens with one attached hydrogen (secondary N) is 4. The van der Waals surface area contributed by atoms with E-state index in [0.29, 0.717) is 60.9 Å². The van der Waals surface area contributed by atoms with Crippen LogP contribution in [0.15, 0.2) is 108 Å². The van der Waals surface area contributed by atoms with Crippen molar-refractivity contribution in [2.75, 3.05) is 50.4 Å². The first-order chi connectivity index (χ1) is 28.6. The lowest BCUT2D eigenvalue weighted by molar-refractivity contribution is -0.130. The van der Waals surface area contributed by atoms with Gasteiger partial charge >= 0.3 is 6.09 Å². The number of fused-ring (bicyclic) bond motifs is 2. The molecule has 1 aliphatic heterocycles. The molecule has 0 bridgehead atoms. The van der Waals surface area contributed by atoms with E-state index in [1.165, 1.54) is 12.1 Å². The third-order valence-electron chi connectivity index (χ3n) is 11.4. The zero-order valence-corrected chi connectivity index (χ0v) is 33.2. The van der Waals surface area contributed by atoms with Gasteiger partial charge in [-0.3, -0.25) is 19.7 Å². The maximum atomic E-state index is 12.9. The summed E-state index contributed by atoms with van der Waals surface area (Å²) in [6, 6.07) is 31.2. The summed E-state index contributed by atoms with van der Waals surface area (Å²) >= 11 is 0. The van der Waals surface area contributed by atoms with Crippen LogP contribution in [0.4, 0.5) is 16.2 Å². The van der Waals surface area contributed by atoms with Gasteiger partial charge in [0.2, 0.25) is 17.4 Å². The van der Waals surface area contributed by atoms with Gasteiger partial charge in [0.25, 0.3) is 0 Å². The van der Waals surface area contributed by atoms with Crippen molar-refractivity contribution in [2.45, 2.75) is 50.9 Å². The van der Waals surface area contributed by atoms with E-state index in [4.69, 9.17) is 4.74 Å². The van der Waals surface area contributed by atoms with E-state index in [1.54, 1.807) is 24.1 Å². The number of nitrogens with zero attached hydrogens (tertiary/aromatic N) is 2. The molecule has 1 aromatic heterocycles. The van der Waals surface area contributed by atoms with Crippen LogP contribution < -0.4 is 21.5 Å². The molecule has 1 saturated heterocycles. The summed E-state index contributed by atoms with van der Waals surface area (Å²) in [6.45, 7) is 3.69. The Kier molecular flexibility index (Phi) is 13.4. The Labute approximate surface area is 343 Å². The van der Waals surface area contributed by atoms with Gasteiger partial charge in [0, 0.05) is 81.9 Å². The van der Waals surface area contributed by atoms with Gasteiger partial charge in [0.05, 0.1) is 17.3 Å². The Morgan fingerprint density at radius 3 is 2.37 bits per heavy atom. The van der Waals surface area contributed by atoms with Crippen molar-refractivity contribution < 1.29 is 29.3 Å². The van der Waals surface area contributed by atoms with Crippen LogP contribution in [0.25, 0.3) is 22.0 Å². The molecule has 59 heavy (non-hydrogen) atoms. The van der Waals surface area contributed by atoms with E-state index < -0.39 is 12.2 Å². The third kappa shape index (κ3) is 10.7. The normalized spacial score (nSPS) is 18.0. The summed E-state index contributed by atoms with van der Waals surface area (Å²) in [5.74, 6) is 0.759. The Hall–Kier alpha value is -6.02. The molecule has 4 aromatic carbocycles. The molecule has 6 N–H and O–H groups in total. The van der Waals surface area contributed by atoms with Crippen molar-refractivity contribution in [3.05, 3.63) is 125 Å². The van der Waals surface area contributed by atoms with Gasteiger partial charge in [-0.25, -0.2) is 4.79 Å². The number of para-hydroxylation sites is 1. The molecule has 2 heterocycles. The number of aromatic nitrogens is 1. The molecule has 0 radical (unpaired) electrons. The van der Waals surface area contributed by atoms with Crippen LogP contribution in [0.5, 0.6) is 5.75 Å². The quantitative estimate of drug-likeness (QED) is 0.0674. The molecule has 3 amide bonds. The molecule has 1 aliphatic carbocycles. The Bertz CT molecular complexity index is 2290. The first-order valence-electron chi connectivity index (χ1n) is 20.3. The van der Waals surface area contributed by atoms with Gasteiger partial charge in [-0.05, 0) is 78.1 Å². The molecule has 3 atom stereocenters. The van der Waals surface area contributed by atoms with Crippen LogP contribution >= 0.6 is 0 Å². The number of phenolic OH excluding ortho intramolecular Hbond substituents is 1. The second kappa shape index (κ2) is 19.2. The SMILES string of the molecule is CN(CCCC(=O)Nc1ccc(CNCC(O)c2ccc(O)c3[nH]c(=O)ccc23)cc1)C(=O)CCN1CC2CC(OC(=O)Nc3ccccc3-c3ccccc3)CC2C1. The minimum Gasteiger partial charge on any atom is -0.506 e. The van der Waals surface area contributed by atoms with Gasteiger partial charge in [-0.15, -0.1) is 0 Å². The molecule has 2 aliphatic rings. The van der Waals surface area contributed by atoms with Crippen molar-refractivity contribution in [1.29, 1.82) is 0 Å². The first-order valence-corrected chi connectivity index (χ1v) is 20.3. The first kappa shape index (κ1) is 41.2. The van der Waals surface area contributed by atoms with Gasteiger partial charge in [-0.1, -0.05) is 66.7 Å². The lowest BCUT2D eigenvalue weighted by atomic mass is 10.0. The van der Waals surface area contributed by atoms with Crippen LogP contribution in [-0.2, 0) is 20.9 Å². The van der Waals surface area contributed by atoms with Gasteiger partial charge in [0.15, 0.2) is 0 Å². The number of rotatable bonds is 16. The van der Waals surface area contributed by atoms with Crippen molar-refractivity contribution in [3.8, 4) is 16.9 Å². The second-order valence-corrected chi connectivity index (χ2v) is 15.7. The van der Waals surface area contributed by atoms with Gasteiger partial charge < -0.3 is 40.4 Å². The zero-order valence-electron chi connectivity index (χ0n) is 33.2. The van der Waals surface area contributed by atoms with E-state index in [2.05, 4.69) is 25.8 Å². The average Bonchev–Trinajstić information content (AvgIpc) is 3.79. The molecule has 0 spiro atoms. The lowest BCUT2D eigenvalue weighted by Crippen LogP contribution is -2.33. The highest BCUT2D eigenvalue weighted by Gasteiger charge is 2.42. The van der Waals surface area contributed by atoms with E-state index in [-0.39, 0.29) is 47.7 Å². The smallest absolute Gasteiger partial charge is 0.411 e. The summed E-state index contributed by atoms with van der Waals surface area (Å²) < 4.78 is 5.87. The van der Waals surface area contributed by atoms with Crippen LogP contribution in [-0.4, -0.2) is 88.8 Å². The Balaban J connectivity index is 0.753. The zero-order chi connectivity index (χ0) is 41.3.